The van der Waals surface area contributed by atoms with Gasteiger partial charge in [-0.3, -0.25) is 0 Å². The van der Waals surface area contributed by atoms with Crippen molar-refractivity contribution < 1.29 is 5.11 Å². The lowest BCUT2D eigenvalue weighted by molar-refractivity contribution is 0.169. The summed E-state index contributed by atoms with van der Waals surface area (Å²) in [5.41, 5.74) is -0.00192. The summed E-state index contributed by atoms with van der Waals surface area (Å²) in [4.78, 5) is 0. The van der Waals surface area contributed by atoms with Crippen molar-refractivity contribution >= 4 is 0 Å². The molecule has 3 aliphatic rings. The van der Waals surface area contributed by atoms with Crippen molar-refractivity contribution in [3.63, 3.8) is 0 Å². The Labute approximate surface area is 60.5 Å². The fourth-order valence-electron chi connectivity index (χ4n) is 2.46. The number of rotatable bonds is 1. The van der Waals surface area contributed by atoms with Crippen LogP contribution < -0.4 is 0 Å². The zero-order valence-corrected chi connectivity index (χ0v) is 5.88. The zero-order chi connectivity index (χ0) is 7.19. The molecule has 54 valence electrons. The number of hydrogen-bond acceptors (Lipinski definition) is 2. The van der Waals surface area contributed by atoms with Crippen LogP contribution in [0.15, 0.2) is 0 Å². The molecule has 3 fully saturated rings. The molecule has 0 aliphatic heterocycles. The highest BCUT2D eigenvalue weighted by molar-refractivity contribution is 5.15. The minimum atomic E-state index is -0.00192. The number of nitriles is 1. The number of fused-ring (bicyclic) bond motifs is 1. The molecule has 1 atom stereocenters. The second kappa shape index (κ2) is 1.73. The van der Waals surface area contributed by atoms with E-state index in [-0.39, 0.29) is 12.0 Å². The van der Waals surface area contributed by atoms with E-state index in [1.807, 2.05) is 0 Å². The van der Waals surface area contributed by atoms with Gasteiger partial charge in [0.1, 0.15) is 0 Å². The molecule has 0 aromatic rings. The van der Waals surface area contributed by atoms with Crippen molar-refractivity contribution in [2.75, 3.05) is 6.61 Å². The molecule has 0 heterocycles. The van der Waals surface area contributed by atoms with Crippen LogP contribution in [0.2, 0.25) is 0 Å². The van der Waals surface area contributed by atoms with Crippen molar-refractivity contribution in [2.24, 2.45) is 17.3 Å². The molecule has 10 heavy (non-hydrogen) atoms. The summed E-state index contributed by atoms with van der Waals surface area (Å²) >= 11 is 0. The Bertz CT molecular complexity index is 188. The van der Waals surface area contributed by atoms with Crippen molar-refractivity contribution in [3.8, 4) is 6.07 Å². The summed E-state index contributed by atoms with van der Waals surface area (Å²) in [7, 11) is 0. The first-order chi connectivity index (χ1) is 4.79. The molecular formula is C8H11NO. The fraction of sp³-hybridized carbons (Fsp3) is 0.875. The molecule has 3 saturated carbocycles. The fourth-order valence-corrected chi connectivity index (χ4v) is 2.46. The third-order valence-electron chi connectivity index (χ3n) is 3.10. The van der Waals surface area contributed by atoms with Crippen LogP contribution in [0.3, 0.4) is 0 Å². The molecule has 1 unspecified atom stereocenters. The Kier molecular flexibility index (Phi) is 1.07. The van der Waals surface area contributed by atoms with E-state index >= 15 is 0 Å². The van der Waals surface area contributed by atoms with Crippen LogP contribution in [0.5, 0.6) is 0 Å². The van der Waals surface area contributed by atoms with Gasteiger partial charge in [-0.15, -0.1) is 0 Å². The molecule has 1 N–H and O–H groups in total. The summed E-state index contributed by atoms with van der Waals surface area (Å²) in [6.45, 7) is 0.286. The van der Waals surface area contributed by atoms with E-state index in [0.717, 1.165) is 19.3 Å². The Morgan fingerprint density at radius 3 is 2.50 bits per heavy atom. The van der Waals surface area contributed by atoms with Gasteiger partial charge in [0.25, 0.3) is 0 Å². The van der Waals surface area contributed by atoms with E-state index in [2.05, 4.69) is 6.07 Å². The topological polar surface area (TPSA) is 44.0 Å². The molecule has 0 aromatic heterocycles. The van der Waals surface area contributed by atoms with E-state index in [1.165, 1.54) is 0 Å². The SMILES string of the molecule is N#CC12CC(CO)C(C1)C2. The monoisotopic (exact) mass is 137 g/mol. The van der Waals surface area contributed by atoms with Crippen molar-refractivity contribution in [3.05, 3.63) is 0 Å². The van der Waals surface area contributed by atoms with Crippen molar-refractivity contribution in [1.82, 2.24) is 0 Å². The number of nitrogens with zero attached hydrogens (tertiary/aromatic N) is 1. The van der Waals surface area contributed by atoms with Gasteiger partial charge in [0.15, 0.2) is 0 Å². The lowest BCUT2D eigenvalue weighted by Gasteiger charge is -2.31. The van der Waals surface area contributed by atoms with Crippen LogP contribution in [0.25, 0.3) is 0 Å². The molecule has 0 saturated heterocycles. The van der Waals surface area contributed by atoms with E-state index in [0.29, 0.717) is 11.8 Å². The summed E-state index contributed by atoms with van der Waals surface area (Å²) in [6.07, 6.45) is 3.05. The maximum Gasteiger partial charge on any atom is 0.0690 e. The molecule has 3 rings (SSSR count). The van der Waals surface area contributed by atoms with Gasteiger partial charge in [-0.25, -0.2) is 0 Å². The summed E-state index contributed by atoms with van der Waals surface area (Å²) in [5.74, 6) is 1.12. The standard InChI is InChI=1S/C8H11NO/c9-5-8-1-6(2-8)7(3-8)4-10/h6-7,10H,1-4H2. The normalized spacial score (nSPS) is 50.0. The van der Waals surface area contributed by atoms with E-state index in [1.54, 1.807) is 0 Å². The van der Waals surface area contributed by atoms with Gasteiger partial charge >= 0.3 is 0 Å². The first kappa shape index (κ1) is 6.18. The Morgan fingerprint density at radius 1 is 1.50 bits per heavy atom. The molecule has 0 spiro atoms. The molecular weight excluding hydrogens is 126 g/mol. The molecule has 3 aliphatic carbocycles. The average molecular weight is 137 g/mol. The summed E-state index contributed by atoms with van der Waals surface area (Å²) in [6, 6.07) is 2.36. The highest BCUT2D eigenvalue weighted by atomic mass is 16.3. The molecule has 0 aromatic carbocycles. The number of hydrogen-bond donors (Lipinski definition) is 1. The molecule has 2 bridgehead atoms. The van der Waals surface area contributed by atoms with E-state index in [9.17, 15) is 0 Å². The van der Waals surface area contributed by atoms with Crippen LogP contribution in [-0.4, -0.2) is 11.7 Å². The van der Waals surface area contributed by atoms with Gasteiger partial charge in [-0.2, -0.15) is 5.26 Å². The second-order valence-corrected chi connectivity index (χ2v) is 3.71. The number of aliphatic hydroxyl groups is 1. The lowest BCUT2D eigenvalue weighted by Crippen LogP contribution is -2.26. The third-order valence-corrected chi connectivity index (χ3v) is 3.10. The maximum atomic E-state index is 8.86. The van der Waals surface area contributed by atoms with Crippen molar-refractivity contribution in [2.45, 2.75) is 19.3 Å². The predicted octanol–water partition coefficient (Wildman–Crippen LogP) is 0.919. The predicted molar refractivity (Wildman–Crippen MR) is 36.0 cm³/mol. The molecule has 2 nitrogen and oxygen atoms in total. The largest absolute Gasteiger partial charge is 0.396 e. The van der Waals surface area contributed by atoms with Gasteiger partial charge in [0.2, 0.25) is 0 Å². The van der Waals surface area contributed by atoms with Gasteiger partial charge in [0.05, 0.1) is 11.5 Å². The van der Waals surface area contributed by atoms with Crippen LogP contribution >= 0.6 is 0 Å². The van der Waals surface area contributed by atoms with E-state index in [4.69, 9.17) is 10.4 Å². The zero-order valence-electron chi connectivity index (χ0n) is 5.88. The molecule has 0 amide bonds. The lowest BCUT2D eigenvalue weighted by atomic mass is 9.70. The summed E-state index contributed by atoms with van der Waals surface area (Å²) in [5, 5.41) is 17.6. The highest BCUT2D eigenvalue weighted by Gasteiger charge is 2.55. The maximum absolute atomic E-state index is 8.86. The van der Waals surface area contributed by atoms with Crippen LogP contribution in [0.1, 0.15) is 19.3 Å². The first-order valence-corrected chi connectivity index (χ1v) is 3.82. The average Bonchev–Trinajstić information content (AvgIpc) is 2.38. The minimum absolute atomic E-state index is 0.00192. The minimum Gasteiger partial charge on any atom is -0.396 e. The van der Waals surface area contributed by atoms with E-state index < -0.39 is 0 Å². The van der Waals surface area contributed by atoms with Gasteiger partial charge in [0, 0.05) is 6.61 Å². The second-order valence-electron chi connectivity index (χ2n) is 3.71. The first-order valence-electron chi connectivity index (χ1n) is 3.82. The Morgan fingerprint density at radius 2 is 2.20 bits per heavy atom. The van der Waals surface area contributed by atoms with Crippen LogP contribution in [0.4, 0.5) is 0 Å². The highest BCUT2D eigenvalue weighted by Crippen LogP contribution is 2.61. The Hall–Kier alpha value is -0.550. The van der Waals surface area contributed by atoms with Crippen LogP contribution in [0, 0.1) is 28.6 Å². The smallest absolute Gasteiger partial charge is 0.0690 e. The molecule has 2 heteroatoms. The molecule has 0 radical (unpaired) electrons. The number of aliphatic hydroxyl groups excluding tert-OH is 1. The van der Waals surface area contributed by atoms with Gasteiger partial charge in [-0.1, -0.05) is 0 Å². The van der Waals surface area contributed by atoms with Gasteiger partial charge < -0.3 is 5.11 Å². The van der Waals surface area contributed by atoms with Crippen molar-refractivity contribution in [1.29, 1.82) is 5.26 Å². The van der Waals surface area contributed by atoms with Gasteiger partial charge in [-0.05, 0) is 31.1 Å². The third kappa shape index (κ3) is 0.564. The summed E-state index contributed by atoms with van der Waals surface area (Å²) < 4.78 is 0. The quantitative estimate of drug-likeness (QED) is 0.584. The Balaban J connectivity index is 2.10. The van der Waals surface area contributed by atoms with Crippen LogP contribution in [-0.2, 0) is 0 Å².